The van der Waals surface area contributed by atoms with E-state index < -0.39 is 4.92 Å². The van der Waals surface area contributed by atoms with E-state index in [0.717, 1.165) is 19.4 Å². The molecule has 3 N–H and O–H groups in total. The third-order valence-corrected chi connectivity index (χ3v) is 5.22. The molecule has 1 fully saturated rings. The average molecular weight is 281 g/mol. The summed E-state index contributed by atoms with van der Waals surface area (Å²) >= 11 is 1.85. The van der Waals surface area contributed by atoms with Crippen LogP contribution >= 0.6 is 11.8 Å². The Morgan fingerprint density at radius 3 is 2.74 bits per heavy atom. The van der Waals surface area contributed by atoms with Crippen LogP contribution in [0.2, 0.25) is 0 Å². The van der Waals surface area contributed by atoms with Gasteiger partial charge in [0.15, 0.2) is 0 Å². The molecule has 0 aliphatic heterocycles. The summed E-state index contributed by atoms with van der Waals surface area (Å²) in [6.07, 6.45) is 6.92. The van der Waals surface area contributed by atoms with Crippen molar-refractivity contribution in [3.05, 3.63) is 28.3 Å². The van der Waals surface area contributed by atoms with Crippen molar-refractivity contribution < 1.29 is 4.92 Å². The van der Waals surface area contributed by atoms with Crippen LogP contribution in [-0.4, -0.2) is 22.5 Å². The topological polar surface area (TPSA) is 81.2 Å². The van der Waals surface area contributed by atoms with E-state index >= 15 is 0 Å². The van der Waals surface area contributed by atoms with E-state index in [1.807, 2.05) is 11.8 Å². The lowest BCUT2D eigenvalue weighted by Crippen LogP contribution is -2.30. The summed E-state index contributed by atoms with van der Waals surface area (Å²) in [5, 5.41) is 14.3. The lowest BCUT2D eigenvalue weighted by molar-refractivity contribution is -0.383. The van der Waals surface area contributed by atoms with Crippen LogP contribution < -0.4 is 11.1 Å². The van der Waals surface area contributed by atoms with Gasteiger partial charge in [0.2, 0.25) is 0 Å². The number of rotatable bonds is 5. The number of nitrogens with two attached hydrogens (primary N) is 1. The van der Waals surface area contributed by atoms with Crippen molar-refractivity contribution in [1.82, 2.24) is 0 Å². The minimum absolute atomic E-state index is 0.0169. The average Bonchev–Trinajstić information content (AvgIpc) is 2.85. The Bertz CT molecular complexity index is 473. The highest BCUT2D eigenvalue weighted by Gasteiger charge is 2.33. The highest BCUT2D eigenvalue weighted by molar-refractivity contribution is 8.00. The molecule has 1 saturated carbocycles. The van der Waals surface area contributed by atoms with Gasteiger partial charge in [-0.1, -0.05) is 18.9 Å². The smallest absolute Gasteiger partial charge is 0.314 e. The Labute approximate surface area is 117 Å². The molecule has 0 saturated heterocycles. The number of nitro benzene ring substituents is 1. The SMILES string of the molecule is CSC1(CNc2cccc(N)c2[N+](=O)[O-])CCCC1. The minimum Gasteiger partial charge on any atom is -0.393 e. The highest BCUT2D eigenvalue weighted by atomic mass is 32.2. The van der Waals surface area contributed by atoms with Crippen LogP contribution in [0.15, 0.2) is 18.2 Å². The Kier molecular flexibility index (Phi) is 4.19. The second-order valence-corrected chi connectivity index (χ2v) is 6.22. The van der Waals surface area contributed by atoms with E-state index in [-0.39, 0.29) is 16.1 Å². The molecule has 0 bridgehead atoms. The van der Waals surface area contributed by atoms with Crippen LogP contribution in [0.3, 0.4) is 0 Å². The molecule has 6 heteroatoms. The number of thioether (sulfide) groups is 1. The molecule has 19 heavy (non-hydrogen) atoms. The molecular formula is C13H19N3O2S. The van der Waals surface area contributed by atoms with E-state index in [1.165, 1.54) is 12.8 Å². The van der Waals surface area contributed by atoms with Gasteiger partial charge in [-0.2, -0.15) is 11.8 Å². The Balaban J connectivity index is 2.15. The number of nitro groups is 1. The van der Waals surface area contributed by atoms with E-state index in [2.05, 4.69) is 11.6 Å². The van der Waals surface area contributed by atoms with Crippen molar-refractivity contribution in [2.75, 3.05) is 23.9 Å². The third-order valence-electron chi connectivity index (χ3n) is 3.80. The van der Waals surface area contributed by atoms with Gasteiger partial charge in [-0.25, -0.2) is 0 Å². The molecule has 1 aliphatic rings. The second kappa shape index (κ2) is 5.69. The fraction of sp³-hybridized carbons (Fsp3) is 0.538. The molecule has 0 unspecified atom stereocenters. The quantitative estimate of drug-likeness (QED) is 0.492. The van der Waals surface area contributed by atoms with E-state index in [9.17, 15) is 10.1 Å². The summed E-state index contributed by atoms with van der Waals surface area (Å²) < 4.78 is 0.207. The first kappa shape index (κ1) is 14.0. The van der Waals surface area contributed by atoms with Crippen LogP contribution in [0.4, 0.5) is 17.1 Å². The third kappa shape index (κ3) is 2.94. The lowest BCUT2D eigenvalue weighted by Gasteiger charge is -2.27. The van der Waals surface area contributed by atoms with Crippen LogP contribution in [0.5, 0.6) is 0 Å². The molecule has 1 aromatic carbocycles. The zero-order chi connectivity index (χ0) is 13.9. The first-order valence-electron chi connectivity index (χ1n) is 6.40. The maximum atomic E-state index is 11.1. The van der Waals surface area contributed by atoms with Gasteiger partial charge < -0.3 is 11.1 Å². The molecule has 0 amide bonds. The molecule has 0 spiro atoms. The molecule has 0 heterocycles. The molecule has 0 aromatic heterocycles. The van der Waals surface area contributed by atoms with Crippen molar-refractivity contribution >= 4 is 28.8 Å². The van der Waals surface area contributed by atoms with Crippen LogP contribution in [0.25, 0.3) is 0 Å². The molecule has 0 atom stereocenters. The maximum absolute atomic E-state index is 11.1. The van der Waals surface area contributed by atoms with E-state index in [1.54, 1.807) is 18.2 Å². The Hall–Kier alpha value is -1.43. The summed E-state index contributed by atoms with van der Waals surface area (Å²) in [6.45, 7) is 0.748. The van der Waals surface area contributed by atoms with E-state index in [4.69, 9.17) is 5.73 Å². The summed E-state index contributed by atoms with van der Waals surface area (Å²) in [5.74, 6) is 0. The number of nitrogens with zero attached hydrogens (tertiary/aromatic N) is 1. The van der Waals surface area contributed by atoms with Crippen molar-refractivity contribution in [3.63, 3.8) is 0 Å². The Morgan fingerprint density at radius 1 is 1.47 bits per heavy atom. The zero-order valence-electron chi connectivity index (χ0n) is 11.0. The van der Waals surface area contributed by atoms with Gasteiger partial charge in [-0.05, 0) is 31.2 Å². The molecular weight excluding hydrogens is 262 g/mol. The molecule has 5 nitrogen and oxygen atoms in total. The van der Waals surface area contributed by atoms with Crippen LogP contribution in [0.1, 0.15) is 25.7 Å². The number of nitrogens with one attached hydrogen (secondary N) is 1. The summed E-state index contributed by atoms with van der Waals surface area (Å²) in [5.41, 5.74) is 6.39. The molecule has 104 valence electrons. The first-order chi connectivity index (χ1) is 9.08. The van der Waals surface area contributed by atoms with Gasteiger partial charge in [-0.3, -0.25) is 10.1 Å². The van der Waals surface area contributed by atoms with Gasteiger partial charge in [0.05, 0.1) is 4.92 Å². The predicted octanol–water partition coefficient (Wildman–Crippen LogP) is 3.26. The highest BCUT2D eigenvalue weighted by Crippen LogP contribution is 2.41. The van der Waals surface area contributed by atoms with Gasteiger partial charge >= 0.3 is 5.69 Å². The van der Waals surface area contributed by atoms with Crippen molar-refractivity contribution in [3.8, 4) is 0 Å². The number of para-hydroxylation sites is 1. The van der Waals surface area contributed by atoms with Gasteiger partial charge in [-0.15, -0.1) is 0 Å². The predicted molar refractivity (Wildman–Crippen MR) is 80.7 cm³/mol. The van der Waals surface area contributed by atoms with Gasteiger partial charge in [0.1, 0.15) is 11.4 Å². The number of hydrogen-bond donors (Lipinski definition) is 2. The number of benzene rings is 1. The first-order valence-corrected chi connectivity index (χ1v) is 7.62. The fourth-order valence-electron chi connectivity index (χ4n) is 2.64. The molecule has 1 aromatic rings. The summed E-state index contributed by atoms with van der Waals surface area (Å²) in [4.78, 5) is 10.6. The van der Waals surface area contributed by atoms with Crippen LogP contribution in [-0.2, 0) is 0 Å². The lowest BCUT2D eigenvalue weighted by atomic mass is 10.1. The molecule has 2 rings (SSSR count). The van der Waals surface area contributed by atoms with E-state index in [0.29, 0.717) is 5.69 Å². The van der Waals surface area contributed by atoms with Crippen molar-refractivity contribution in [2.24, 2.45) is 0 Å². The normalized spacial score (nSPS) is 17.3. The molecule has 0 radical (unpaired) electrons. The zero-order valence-corrected chi connectivity index (χ0v) is 11.8. The van der Waals surface area contributed by atoms with Crippen molar-refractivity contribution in [1.29, 1.82) is 0 Å². The minimum atomic E-state index is -0.419. The summed E-state index contributed by atoms with van der Waals surface area (Å²) in [6, 6.07) is 5.02. The van der Waals surface area contributed by atoms with Crippen molar-refractivity contribution in [2.45, 2.75) is 30.4 Å². The largest absolute Gasteiger partial charge is 0.393 e. The number of nitrogen functional groups attached to an aromatic ring is 1. The number of anilines is 2. The Morgan fingerprint density at radius 2 is 2.16 bits per heavy atom. The second-order valence-electron chi connectivity index (χ2n) is 4.95. The van der Waals surface area contributed by atoms with Gasteiger partial charge in [0.25, 0.3) is 0 Å². The molecule has 1 aliphatic carbocycles. The standard InChI is InChI=1S/C13H19N3O2S/c1-19-13(7-2-3-8-13)9-15-11-6-4-5-10(14)12(11)16(17)18/h4-6,15H,2-3,7-9,14H2,1H3. The fourth-order valence-corrected chi connectivity index (χ4v) is 3.55. The summed E-state index contributed by atoms with van der Waals surface area (Å²) in [7, 11) is 0. The number of hydrogen-bond acceptors (Lipinski definition) is 5. The van der Waals surface area contributed by atoms with Crippen LogP contribution in [0, 0.1) is 10.1 Å². The maximum Gasteiger partial charge on any atom is 0.314 e. The monoisotopic (exact) mass is 281 g/mol. The van der Waals surface area contributed by atoms with Gasteiger partial charge in [0, 0.05) is 11.3 Å².